The van der Waals surface area contributed by atoms with Gasteiger partial charge in [-0.2, -0.15) is 5.10 Å². The molecule has 3 amide bonds. The first-order valence-electron chi connectivity index (χ1n) is 15.7. The van der Waals surface area contributed by atoms with E-state index >= 15 is 0 Å². The van der Waals surface area contributed by atoms with Crippen LogP contribution in [0.25, 0.3) is 5.57 Å². The fourth-order valence-corrected chi connectivity index (χ4v) is 6.61. The van der Waals surface area contributed by atoms with Crippen LogP contribution < -0.4 is 10.2 Å². The number of anilines is 1. The molecule has 1 atom stereocenters. The number of carbonyl (C=O) groups excluding carboxylic acids is 3. The number of pyridine rings is 1. The molecule has 3 aliphatic heterocycles. The Kier molecular flexibility index (Phi) is 8.74. The molecule has 3 N–H and O–H groups in total. The molecule has 6 rings (SSSR count). The standard InChI is InChI=1S/C34H39N9O4/c1-22-4-9-27(39-30(22)29(35)26-18-38-40(3)19-26)43-17-13-34(32(43)45)12-16-41(21-34)20-28(44)42-14-10-24(11-15-42)23-5-7-25(8-6-23)31(36)47-33(46)37-2/h4-10,18-19,35-36H,11-17,20-21H2,1-3H3,(H,37,46)/t34-/m0/s1. The summed E-state index contributed by atoms with van der Waals surface area (Å²) in [5, 5.41) is 23.1. The molecular formula is C34H39N9O4. The predicted molar refractivity (Wildman–Crippen MR) is 177 cm³/mol. The lowest BCUT2D eigenvalue weighted by Crippen LogP contribution is -2.43. The number of alkyl carbamates (subject to hydrolysis) is 1. The molecule has 3 aromatic rings. The minimum Gasteiger partial charge on any atom is -0.391 e. The van der Waals surface area contributed by atoms with E-state index in [-0.39, 0.29) is 30.0 Å². The zero-order chi connectivity index (χ0) is 33.3. The molecule has 13 heteroatoms. The van der Waals surface area contributed by atoms with Gasteiger partial charge in [0.25, 0.3) is 0 Å². The molecule has 2 fully saturated rings. The Morgan fingerprint density at radius 1 is 1.04 bits per heavy atom. The van der Waals surface area contributed by atoms with Crippen molar-refractivity contribution in [3.05, 3.63) is 82.8 Å². The highest BCUT2D eigenvalue weighted by Gasteiger charge is 2.51. The van der Waals surface area contributed by atoms with Crippen molar-refractivity contribution < 1.29 is 19.1 Å². The first-order chi connectivity index (χ1) is 22.6. The number of amides is 3. The second kappa shape index (κ2) is 12.9. The van der Waals surface area contributed by atoms with Crippen LogP contribution in [0.15, 0.2) is 54.9 Å². The Balaban J connectivity index is 1.04. The highest BCUT2D eigenvalue weighted by molar-refractivity contribution is 6.10. The minimum atomic E-state index is -0.686. The smallest absolute Gasteiger partial charge is 0.391 e. The van der Waals surface area contributed by atoms with Crippen molar-refractivity contribution in [1.29, 1.82) is 10.8 Å². The second-order valence-electron chi connectivity index (χ2n) is 12.4. The summed E-state index contributed by atoms with van der Waals surface area (Å²) in [6.45, 7) is 5.07. The number of hydrogen-bond acceptors (Lipinski definition) is 9. The van der Waals surface area contributed by atoms with E-state index in [2.05, 4.69) is 21.4 Å². The third-order valence-electron chi connectivity index (χ3n) is 9.37. The number of aromatic nitrogens is 3. The number of nitrogens with zero attached hydrogens (tertiary/aromatic N) is 6. The second-order valence-corrected chi connectivity index (χ2v) is 12.4. The Hall–Kier alpha value is -5.17. The Morgan fingerprint density at radius 3 is 2.49 bits per heavy atom. The summed E-state index contributed by atoms with van der Waals surface area (Å²) < 4.78 is 6.55. The Labute approximate surface area is 273 Å². The minimum absolute atomic E-state index is 0.0366. The Morgan fingerprint density at radius 2 is 1.81 bits per heavy atom. The topological polar surface area (TPSA) is 161 Å². The van der Waals surface area contributed by atoms with Gasteiger partial charge in [-0.15, -0.1) is 0 Å². The molecule has 5 heterocycles. The van der Waals surface area contributed by atoms with Crippen molar-refractivity contribution in [1.82, 2.24) is 29.9 Å². The van der Waals surface area contributed by atoms with Crippen molar-refractivity contribution in [3.8, 4) is 0 Å². The van der Waals surface area contributed by atoms with Crippen LogP contribution in [-0.2, 0) is 21.4 Å². The summed E-state index contributed by atoms with van der Waals surface area (Å²) in [7, 11) is 3.24. The summed E-state index contributed by atoms with van der Waals surface area (Å²) >= 11 is 0. The Bertz CT molecular complexity index is 1780. The summed E-state index contributed by atoms with van der Waals surface area (Å²) in [6, 6.07) is 11.0. The third-order valence-corrected chi connectivity index (χ3v) is 9.37. The molecule has 1 aromatic carbocycles. The monoisotopic (exact) mass is 637 g/mol. The quantitative estimate of drug-likeness (QED) is 0.265. The van der Waals surface area contributed by atoms with Crippen LogP contribution >= 0.6 is 0 Å². The lowest BCUT2D eigenvalue weighted by atomic mass is 9.85. The molecule has 244 valence electrons. The van der Waals surface area contributed by atoms with Crippen LogP contribution in [0.4, 0.5) is 10.6 Å². The van der Waals surface area contributed by atoms with Crippen molar-refractivity contribution in [2.24, 2.45) is 12.5 Å². The number of nitrogens with one attached hydrogen (secondary N) is 3. The first-order valence-corrected chi connectivity index (χ1v) is 15.7. The van der Waals surface area contributed by atoms with Gasteiger partial charge in [0.15, 0.2) is 0 Å². The van der Waals surface area contributed by atoms with Gasteiger partial charge >= 0.3 is 6.09 Å². The van der Waals surface area contributed by atoms with Gasteiger partial charge < -0.3 is 15.0 Å². The van der Waals surface area contributed by atoms with Crippen LogP contribution in [0.3, 0.4) is 0 Å². The number of likely N-dealkylation sites (tertiary alicyclic amines) is 1. The van der Waals surface area contributed by atoms with E-state index in [9.17, 15) is 14.4 Å². The molecule has 0 unspecified atom stereocenters. The predicted octanol–water partition coefficient (Wildman–Crippen LogP) is 2.97. The van der Waals surface area contributed by atoms with Gasteiger partial charge in [-0.1, -0.05) is 24.3 Å². The highest BCUT2D eigenvalue weighted by Crippen LogP contribution is 2.42. The van der Waals surface area contributed by atoms with E-state index in [0.717, 1.165) is 16.7 Å². The van der Waals surface area contributed by atoms with Crippen molar-refractivity contribution in [2.45, 2.75) is 26.2 Å². The van der Waals surface area contributed by atoms with E-state index in [0.29, 0.717) is 74.6 Å². The van der Waals surface area contributed by atoms with Crippen molar-refractivity contribution >= 4 is 40.9 Å². The van der Waals surface area contributed by atoms with Crippen LogP contribution in [0, 0.1) is 23.2 Å². The van der Waals surface area contributed by atoms with E-state index in [4.69, 9.17) is 20.5 Å². The van der Waals surface area contributed by atoms with Gasteiger partial charge in [0.2, 0.25) is 17.7 Å². The van der Waals surface area contributed by atoms with Gasteiger partial charge in [0.05, 0.1) is 29.6 Å². The van der Waals surface area contributed by atoms with Crippen LogP contribution in [-0.4, -0.2) is 100 Å². The number of carbonyl (C=O) groups is 3. The van der Waals surface area contributed by atoms with Gasteiger partial charge in [0, 0.05) is 57.6 Å². The van der Waals surface area contributed by atoms with E-state index in [1.54, 1.807) is 41.2 Å². The van der Waals surface area contributed by atoms with E-state index in [1.165, 1.54) is 7.05 Å². The number of benzene rings is 1. The fourth-order valence-electron chi connectivity index (χ4n) is 6.61. The molecule has 0 saturated carbocycles. The summed E-state index contributed by atoms with van der Waals surface area (Å²) in [6.07, 6.45) is 6.90. The fraction of sp³-hybridized carbons (Fsp3) is 0.382. The van der Waals surface area contributed by atoms with Gasteiger partial charge in [0.1, 0.15) is 5.82 Å². The lowest BCUT2D eigenvalue weighted by molar-refractivity contribution is -0.132. The third kappa shape index (κ3) is 6.43. The van der Waals surface area contributed by atoms with E-state index in [1.807, 2.05) is 36.1 Å². The number of ether oxygens (including phenoxy) is 1. The van der Waals surface area contributed by atoms with Crippen LogP contribution in [0.5, 0.6) is 0 Å². The molecule has 3 aliphatic rings. The molecular weight excluding hydrogens is 598 g/mol. The molecule has 1 spiro atoms. The molecule has 0 aliphatic carbocycles. The number of hydrogen-bond donors (Lipinski definition) is 3. The maximum absolute atomic E-state index is 13.8. The molecule has 13 nitrogen and oxygen atoms in total. The maximum Gasteiger partial charge on any atom is 0.413 e. The van der Waals surface area contributed by atoms with Gasteiger partial charge in [-0.25, -0.2) is 9.78 Å². The van der Waals surface area contributed by atoms with Gasteiger partial charge in [-0.05, 0) is 67.6 Å². The van der Waals surface area contributed by atoms with Crippen molar-refractivity contribution in [3.63, 3.8) is 0 Å². The SMILES string of the molecule is CNC(=O)OC(=N)c1ccc(C2=CCN(C(=O)CN3CC[C@]4(CCN(c5ccc(C)c(C(=N)c6cnn(C)c6)n5)C4=O)C3)CC2)cc1. The molecule has 47 heavy (non-hydrogen) atoms. The normalized spacial score (nSPS) is 19.6. The molecule has 2 aromatic heterocycles. The average Bonchev–Trinajstić information content (AvgIpc) is 3.79. The lowest BCUT2D eigenvalue weighted by Gasteiger charge is -2.29. The molecule has 0 radical (unpaired) electrons. The zero-order valence-electron chi connectivity index (χ0n) is 26.9. The molecule has 2 saturated heterocycles. The number of aryl methyl sites for hydroxylation is 2. The summed E-state index contributed by atoms with van der Waals surface area (Å²) in [5.74, 6) is 0.417. The van der Waals surface area contributed by atoms with Crippen LogP contribution in [0.1, 0.15) is 47.2 Å². The zero-order valence-corrected chi connectivity index (χ0v) is 26.9. The molecule has 0 bridgehead atoms. The maximum atomic E-state index is 13.8. The van der Waals surface area contributed by atoms with E-state index < -0.39 is 11.5 Å². The van der Waals surface area contributed by atoms with Crippen molar-refractivity contribution in [2.75, 3.05) is 51.2 Å². The average molecular weight is 638 g/mol. The summed E-state index contributed by atoms with van der Waals surface area (Å²) in [4.78, 5) is 49.0. The van der Waals surface area contributed by atoms with Crippen LogP contribution in [0.2, 0.25) is 0 Å². The highest BCUT2D eigenvalue weighted by atomic mass is 16.6. The van der Waals surface area contributed by atoms with Gasteiger partial charge in [-0.3, -0.25) is 34.9 Å². The largest absolute Gasteiger partial charge is 0.413 e. The first kappa shape index (κ1) is 31.8. The number of rotatable bonds is 7. The summed E-state index contributed by atoms with van der Waals surface area (Å²) in [5.41, 5.74) is 4.43.